The molecule has 0 unspecified atom stereocenters. The number of hydrogen-bond donors (Lipinski definition) is 2. The van der Waals surface area contributed by atoms with E-state index in [9.17, 15) is 0 Å². The zero-order valence-corrected chi connectivity index (χ0v) is 5.64. The molecule has 0 aliphatic heterocycles. The molecule has 0 aliphatic carbocycles. The third-order valence-corrected chi connectivity index (χ3v) is 1.47. The van der Waals surface area contributed by atoms with E-state index < -0.39 is 8.60 Å². The van der Waals surface area contributed by atoms with E-state index in [-0.39, 0.29) is 0 Å². The second kappa shape index (κ2) is 3.05. The number of hydrogen-bond acceptors (Lipinski definition) is 3. The SMILES string of the molecule is OP(O)[O][AlH2]. The summed E-state index contributed by atoms with van der Waals surface area (Å²) >= 11 is 0.402. The second-order valence-corrected chi connectivity index (χ2v) is 2.40. The third kappa shape index (κ3) is 4.84. The van der Waals surface area contributed by atoms with Crippen LogP contribution in [0.25, 0.3) is 0 Å². The molecule has 0 bridgehead atoms. The van der Waals surface area contributed by atoms with E-state index in [2.05, 4.69) is 3.58 Å². The van der Waals surface area contributed by atoms with Gasteiger partial charge in [-0.1, -0.05) is 0 Å². The van der Waals surface area contributed by atoms with E-state index in [1.54, 1.807) is 0 Å². The minimum Gasteiger partial charge on any atom is -0.447 e. The molecule has 0 fully saturated rings. The van der Waals surface area contributed by atoms with E-state index >= 15 is 0 Å². The molecule has 30 valence electrons. The molecule has 0 spiro atoms. The quantitative estimate of drug-likeness (QED) is 0.328. The molecule has 0 saturated heterocycles. The predicted molar refractivity (Wildman–Crippen MR) is 21.0 cm³/mol. The lowest BCUT2D eigenvalue weighted by Crippen LogP contribution is -1.70. The monoisotopic (exact) mass is 110 g/mol. The predicted octanol–water partition coefficient (Wildman–Crippen LogP) is -1.24. The molecule has 0 amide bonds. The Hall–Kier alpha value is 0.842. The Morgan fingerprint density at radius 1 is 1.60 bits per heavy atom. The first kappa shape index (κ1) is 5.84. The van der Waals surface area contributed by atoms with Crippen LogP contribution in [0.1, 0.15) is 0 Å². The fraction of sp³-hybridized carbons (Fsp3) is 0. The fourth-order valence-electron chi connectivity index (χ4n) is 0. The summed E-state index contributed by atoms with van der Waals surface area (Å²) in [4.78, 5) is 15.6. The molecule has 0 atom stereocenters. The highest BCUT2D eigenvalue weighted by atomic mass is 31.2. The molecule has 3 nitrogen and oxygen atoms in total. The van der Waals surface area contributed by atoms with Gasteiger partial charge in [0.25, 0.3) is 8.60 Å². The average molecular weight is 110 g/mol. The van der Waals surface area contributed by atoms with Crippen molar-refractivity contribution in [2.45, 2.75) is 0 Å². The molecule has 5 heteroatoms. The second-order valence-electron chi connectivity index (χ2n) is 0.435. The van der Waals surface area contributed by atoms with Crippen LogP contribution in [0, 0.1) is 0 Å². The van der Waals surface area contributed by atoms with Gasteiger partial charge in [0, 0.05) is 0 Å². The van der Waals surface area contributed by atoms with Gasteiger partial charge in [-0.25, -0.2) is 0 Å². The number of rotatable bonds is 1. The molecule has 2 N–H and O–H groups in total. The zero-order valence-electron chi connectivity index (χ0n) is 2.75. The Bertz CT molecular complexity index is 20.9. The first-order valence-electron chi connectivity index (χ1n) is 0.991. The van der Waals surface area contributed by atoms with Crippen LogP contribution in [0.3, 0.4) is 0 Å². The van der Waals surface area contributed by atoms with Crippen LogP contribution in [0.4, 0.5) is 0 Å². The summed E-state index contributed by atoms with van der Waals surface area (Å²) in [7, 11) is -2.04. The average Bonchev–Trinajstić information content (AvgIpc) is 1.38. The Morgan fingerprint density at radius 3 is 1.80 bits per heavy atom. The Morgan fingerprint density at radius 2 is 1.80 bits per heavy atom. The fourth-order valence-corrected chi connectivity index (χ4v) is 0. The van der Waals surface area contributed by atoms with Crippen molar-refractivity contribution >= 4 is 25.2 Å². The van der Waals surface area contributed by atoms with E-state index in [4.69, 9.17) is 9.79 Å². The molecule has 0 aromatic carbocycles. The minimum atomic E-state index is -2.04. The van der Waals surface area contributed by atoms with Crippen LogP contribution < -0.4 is 0 Å². The molecular weight excluding hydrogens is 106 g/mol. The van der Waals surface area contributed by atoms with Crippen molar-refractivity contribution in [1.29, 1.82) is 0 Å². The molecule has 0 aromatic heterocycles. The summed E-state index contributed by atoms with van der Waals surface area (Å²) in [5.74, 6) is 0. The molecule has 5 heavy (non-hydrogen) atoms. The third-order valence-electron chi connectivity index (χ3n) is 0.163. The maximum atomic E-state index is 7.79. The summed E-state index contributed by atoms with van der Waals surface area (Å²) in [5, 5.41) is 0. The summed E-state index contributed by atoms with van der Waals surface area (Å²) in [6, 6.07) is 0. The molecule has 0 aromatic rings. The van der Waals surface area contributed by atoms with Crippen molar-refractivity contribution < 1.29 is 13.4 Å². The van der Waals surface area contributed by atoms with Crippen molar-refractivity contribution in [1.82, 2.24) is 0 Å². The van der Waals surface area contributed by atoms with Gasteiger partial charge in [0.1, 0.15) is 0 Å². The topological polar surface area (TPSA) is 49.7 Å². The van der Waals surface area contributed by atoms with Crippen molar-refractivity contribution in [3.05, 3.63) is 0 Å². The lowest BCUT2D eigenvalue weighted by molar-refractivity contribution is 0.389. The summed E-state index contributed by atoms with van der Waals surface area (Å²) in [6.45, 7) is 0. The van der Waals surface area contributed by atoms with Crippen LogP contribution in [-0.4, -0.2) is 26.4 Å². The summed E-state index contributed by atoms with van der Waals surface area (Å²) < 4.78 is 4.06. The normalized spacial score (nSPS) is 9.40. The van der Waals surface area contributed by atoms with Gasteiger partial charge in [-0.15, -0.1) is 0 Å². The Labute approximate surface area is 39.3 Å². The van der Waals surface area contributed by atoms with Gasteiger partial charge in [-0.2, -0.15) is 0 Å². The molecule has 0 rings (SSSR count). The highest BCUT2D eigenvalue weighted by molar-refractivity contribution is 7.40. The van der Waals surface area contributed by atoms with Crippen LogP contribution in [0.5, 0.6) is 0 Å². The van der Waals surface area contributed by atoms with Gasteiger partial charge in [0.15, 0.2) is 0 Å². The van der Waals surface area contributed by atoms with Gasteiger partial charge in [0.05, 0.1) is 0 Å². The van der Waals surface area contributed by atoms with Crippen LogP contribution in [-0.2, 0) is 3.58 Å². The van der Waals surface area contributed by atoms with Crippen LogP contribution in [0.2, 0.25) is 0 Å². The van der Waals surface area contributed by atoms with Gasteiger partial charge < -0.3 is 13.4 Å². The van der Waals surface area contributed by atoms with E-state index in [0.29, 0.717) is 16.6 Å². The smallest absolute Gasteiger partial charge is 0.421 e. The van der Waals surface area contributed by atoms with Gasteiger partial charge in [-0.05, 0) is 0 Å². The Balaban J connectivity index is 2.54. The first-order valence-corrected chi connectivity index (χ1v) is 2.97. The largest absolute Gasteiger partial charge is 0.447 e. The van der Waals surface area contributed by atoms with Crippen LogP contribution in [0.15, 0.2) is 0 Å². The zero-order chi connectivity index (χ0) is 4.28. The summed E-state index contributed by atoms with van der Waals surface area (Å²) in [5.41, 5.74) is 0. The highest BCUT2D eigenvalue weighted by Gasteiger charge is 1.85. The maximum Gasteiger partial charge on any atom is 0.421 e. The van der Waals surface area contributed by atoms with E-state index in [1.807, 2.05) is 0 Å². The highest BCUT2D eigenvalue weighted by Crippen LogP contribution is 2.20. The van der Waals surface area contributed by atoms with Gasteiger partial charge in [-0.3, -0.25) is 0 Å². The van der Waals surface area contributed by atoms with E-state index in [1.165, 1.54) is 0 Å². The Kier molecular flexibility index (Phi) is 3.56. The molecule has 0 heterocycles. The standard InChI is InChI=1S/Al.H2O3P.2H/c;1-4(2)3;;/h;1-2H;;/q+1;-1;;. The van der Waals surface area contributed by atoms with Crippen molar-refractivity contribution in [2.24, 2.45) is 0 Å². The van der Waals surface area contributed by atoms with Crippen molar-refractivity contribution in [3.8, 4) is 0 Å². The molecular formula is H4AlO3P. The van der Waals surface area contributed by atoms with Crippen molar-refractivity contribution in [2.75, 3.05) is 0 Å². The van der Waals surface area contributed by atoms with Crippen LogP contribution >= 0.6 is 8.60 Å². The molecule has 0 saturated carbocycles. The van der Waals surface area contributed by atoms with E-state index in [0.717, 1.165) is 0 Å². The van der Waals surface area contributed by atoms with Gasteiger partial charge in [0.2, 0.25) is 0 Å². The maximum absolute atomic E-state index is 7.79. The van der Waals surface area contributed by atoms with Gasteiger partial charge >= 0.3 is 16.6 Å². The molecule has 0 aliphatic rings. The summed E-state index contributed by atoms with van der Waals surface area (Å²) in [6.07, 6.45) is 0. The lowest BCUT2D eigenvalue weighted by atomic mass is 15.8. The lowest BCUT2D eigenvalue weighted by Gasteiger charge is -1.92. The minimum absolute atomic E-state index is 0.402. The molecule has 0 radical (unpaired) electrons. The first-order chi connectivity index (χ1) is 2.27. The van der Waals surface area contributed by atoms with Crippen molar-refractivity contribution in [3.63, 3.8) is 0 Å².